The molecule has 0 bridgehead atoms. The minimum Gasteiger partial charge on any atom is -0.348 e. The first kappa shape index (κ1) is 19.5. The summed E-state index contributed by atoms with van der Waals surface area (Å²) in [5, 5.41) is 3.05. The molecule has 1 amide bonds. The second kappa shape index (κ2) is 10.3. The Kier molecular flexibility index (Phi) is 8.02. The molecule has 0 heterocycles. The average molecular weight is 357 g/mol. The van der Waals surface area contributed by atoms with Crippen LogP contribution >= 0.6 is 11.8 Å². The molecule has 0 aromatic heterocycles. The fourth-order valence-electron chi connectivity index (χ4n) is 2.77. The first-order valence-electron chi connectivity index (χ1n) is 8.83. The highest BCUT2D eigenvalue weighted by Crippen LogP contribution is 2.13. The van der Waals surface area contributed by atoms with E-state index in [-0.39, 0.29) is 5.91 Å². The molecule has 0 radical (unpaired) electrons. The average Bonchev–Trinajstić information content (AvgIpc) is 2.65. The monoisotopic (exact) mass is 356 g/mol. The Morgan fingerprint density at radius 2 is 1.64 bits per heavy atom. The van der Waals surface area contributed by atoms with Crippen LogP contribution < -0.4 is 5.32 Å². The Hall–Kier alpha value is -1.78. The Morgan fingerprint density at radius 1 is 1.00 bits per heavy atom. The van der Waals surface area contributed by atoms with Gasteiger partial charge in [0.1, 0.15) is 0 Å². The lowest BCUT2D eigenvalue weighted by Crippen LogP contribution is -2.26. The number of hydrogen-bond donors (Lipinski definition) is 1. The van der Waals surface area contributed by atoms with Crippen molar-refractivity contribution >= 4 is 17.7 Å². The normalized spacial score (nSPS) is 10.9. The van der Waals surface area contributed by atoms with Crippen LogP contribution in [0.25, 0.3) is 0 Å². The van der Waals surface area contributed by atoms with Gasteiger partial charge in [-0.25, -0.2) is 0 Å². The minimum absolute atomic E-state index is 0.0201. The molecule has 2 aromatic rings. The molecule has 0 fully saturated rings. The molecular weight excluding hydrogens is 328 g/mol. The highest BCUT2D eigenvalue weighted by molar-refractivity contribution is 7.97. The quantitative estimate of drug-likeness (QED) is 0.726. The van der Waals surface area contributed by atoms with E-state index in [1.165, 1.54) is 16.7 Å². The van der Waals surface area contributed by atoms with Crippen molar-refractivity contribution in [3.05, 3.63) is 70.8 Å². The summed E-state index contributed by atoms with van der Waals surface area (Å²) in [6.07, 6.45) is 2.08. The number of benzene rings is 2. The number of hydrogen-bond acceptors (Lipinski definition) is 3. The van der Waals surface area contributed by atoms with E-state index in [2.05, 4.69) is 48.5 Å². The predicted molar refractivity (Wildman–Crippen MR) is 108 cm³/mol. The molecule has 0 aliphatic rings. The summed E-state index contributed by atoms with van der Waals surface area (Å²) in [7, 11) is 0. The first-order chi connectivity index (χ1) is 12.2. The number of carbonyl (C=O) groups is 1. The smallest absolute Gasteiger partial charge is 0.251 e. The van der Waals surface area contributed by atoms with Crippen LogP contribution in [-0.4, -0.2) is 30.2 Å². The molecule has 0 aliphatic heterocycles. The molecule has 0 spiro atoms. The van der Waals surface area contributed by atoms with Gasteiger partial charge in [0.25, 0.3) is 5.91 Å². The number of nitrogens with zero attached hydrogens (tertiary/aromatic N) is 1. The summed E-state index contributed by atoms with van der Waals surface area (Å²) >= 11 is 1.78. The number of thioether (sulfide) groups is 1. The van der Waals surface area contributed by atoms with Crippen molar-refractivity contribution in [2.24, 2.45) is 0 Å². The Balaban J connectivity index is 1.99. The largest absolute Gasteiger partial charge is 0.348 e. The lowest BCUT2D eigenvalue weighted by Gasteiger charge is -2.20. The van der Waals surface area contributed by atoms with Gasteiger partial charge in [-0.2, -0.15) is 11.8 Å². The zero-order chi connectivity index (χ0) is 18.1. The van der Waals surface area contributed by atoms with E-state index < -0.39 is 0 Å². The molecule has 0 saturated carbocycles. The van der Waals surface area contributed by atoms with Crippen molar-refractivity contribution in [2.75, 3.05) is 19.3 Å². The van der Waals surface area contributed by atoms with Crippen molar-refractivity contribution in [2.45, 2.75) is 32.7 Å². The van der Waals surface area contributed by atoms with E-state index in [0.29, 0.717) is 12.1 Å². The Bertz CT molecular complexity index is 666. The zero-order valence-electron chi connectivity index (χ0n) is 15.4. The summed E-state index contributed by atoms with van der Waals surface area (Å²) < 4.78 is 0. The number of carbonyl (C=O) groups excluding carboxylic acids is 1. The van der Waals surface area contributed by atoms with Crippen LogP contribution in [0.1, 0.15) is 40.9 Å². The van der Waals surface area contributed by atoms with Gasteiger partial charge in [0.15, 0.2) is 0 Å². The molecule has 25 heavy (non-hydrogen) atoms. The first-order valence-corrected chi connectivity index (χ1v) is 10.2. The maximum atomic E-state index is 12.4. The molecule has 0 saturated heterocycles. The third-order valence-corrected chi connectivity index (χ3v) is 5.00. The van der Waals surface area contributed by atoms with Crippen molar-refractivity contribution < 1.29 is 4.79 Å². The fraction of sp³-hybridized carbons (Fsp3) is 0.381. The lowest BCUT2D eigenvalue weighted by molar-refractivity contribution is 0.0950. The van der Waals surface area contributed by atoms with Gasteiger partial charge in [-0.1, -0.05) is 50.2 Å². The van der Waals surface area contributed by atoms with Crippen molar-refractivity contribution in [3.8, 4) is 0 Å². The van der Waals surface area contributed by atoms with Crippen LogP contribution in [0.5, 0.6) is 0 Å². The van der Waals surface area contributed by atoms with E-state index in [0.717, 1.165) is 25.4 Å². The molecule has 0 atom stereocenters. The van der Waals surface area contributed by atoms with Crippen LogP contribution in [0.15, 0.2) is 48.5 Å². The van der Waals surface area contributed by atoms with Crippen LogP contribution in [0, 0.1) is 0 Å². The van der Waals surface area contributed by atoms with Crippen molar-refractivity contribution in [1.82, 2.24) is 10.2 Å². The van der Waals surface area contributed by atoms with Crippen molar-refractivity contribution in [3.63, 3.8) is 0 Å². The summed E-state index contributed by atoms with van der Waals surface area (Å²) in [6, 6.07) is 16.2. The summed E-state index contributed by atoms with van der Waals surface area (Å²) in [5.74, 6) is 0.953. The SMILES string of the molecule is CCN(CC)Cc1ccccc1CNC(=O)c1ccc(CSC)cc1. The second-order valence-corrected chi connectivity index (χ2v) is 6.91. The topological polar surface area (TPSA) is 32.3 Å². The summed E-state index contributed by atoms with van der Waals surface area (Å²) in [5.41, 5.74) is 4.42. The van der Waals surface area contributed by atoms with Gasteiger partial charge in [-0.15, -0.1) is 0 Å². The number of nitrogens with one attached hydrogen (secondary N) is 1. The van der Waals surface area contributed by atoms with E-state index in [1.807, 2.05) is 30.3 Å². The van der Waals surface area contributed by atoms with Crippen LogP contribution in [-0.2, 0) is 18.8 Å². The fourth-order valence-corrected chi connectivity index (χ4v) is 3.29. The van der Waals surface area contributed by atoms with Gasteiger partial charge in [-0.3, -0.25) is 9.69 Å². The number of amides is 1. The number of rotatable bonds is 9. The van der Waals surface area contributed by atoms with Crippen LogP contribution in [0.2, 0.25) is 0 Å². The van der Waals surface area contributed by atoms with Gasteiger partial charge in [-0.05, 0) is 48.2 Å². The molecule has 0 aliphatic carbocycles. The molecule has 4 heteroatoms. The molecule has 3 nitrogen and oxygen atoms in total. The second-order valence-electron chi connectivity index (χ2n) is 6.04. The van der Waals surface area contributed by atoms with Gasteiger partial charge in [0, 0.05) is 24.4 Å². The van der Waals surface area contributed by atoms with Gasteiger partial charge in [0.05, 0.1) is 0 Å². The summed E-state index contributed by atoms with van der Waals surface area (Å²) in [4.78, 5) is 14.8. The minimum atomic E-state index is -0.0201. The lowest BCUT2D eigenvalue weighted by atomic mass is 10.1. The standard InChI is InChI=1S/C21H28N2OS/c1-4-23(5-2)15-20-9-7-6-8-19(20)14-22-21(24)18-12-10-17(11-13-18)16-25-3/h6-13H,4-5,14-16H2,1-3H3,(H,22,24). The Labute approximate surface area is 155 Å². The van der Waals surface area contributed by atoms with Gasteiger partial charge >= 0.3 is 0 Å². The maximum Gasteiger partial charge on any atom is 0.251 e. The highest BCUT2D eigenvalue weighted by atomic mass is 32.2. The van der Waals surface area contributed by atoms with Crippen LogP contribution in [0.4, 0.5) is 0 Å². The molecular formula is C21H28N2OS. The molecule has 2 aromatic carbocycles. The maximum absolute atomic E-state index is 12.4. The van der Waals surface area contributed by atoms with E-state index >= 15 is 0 Å². The van der Waals surface area contributed by atoms with Crippen LogP contribution in [0.3, 0.4) is 0 Å². The predicted octanol–water partition coefficient (Wildman–Crippen LogP) is 4.32. The van der Waals surface area contributed by atoms with Crippen molar-refractivity contribution in [1.29, 1.82) is 0 Å². The Morgan fingerprint density at radius 3 is 2.24 bits per heavy atom. The van der Waals surface area contributed by atoms with Gasteiger partial charge in [0.2, 0.25) is 0 Å². The third kappa shape index (κ3) is 5.91. The molecule has 2 rings (SSSR count). The van der Waals surface area contributed by atoms with E-state index in [4.69, 9.17) is 0 Å². The molecule has 0 unspecified atom stereocenters. The summed E-state index contributed by atoms with van der Waals surface area (Å²) in [6.45, 7) is 7.88. The van der Waals surface area contributed by atoms with E-state index in [9.17, 15) is 4.79 Å². The van der Waals surface area contributed by atoms with E-state index in [1.54, 1.807) is 11.8 Å². The highest BCUT2D eigenvalue weighted by Gasteiger charge is 2.09. The third-order valence-electron chi connectivity index (χ3n) is 4.37. The molecule has 1 N–H and O–H groups in total. The zero-order valence-corrected chi connectivity index (χ0v) is 16.2. The van der Waals surface area contributed by atoms with Gasteiger partial charge < -0.3 is 5.32 Å². The molecule has 134 valence electrons.